The molecule has 0 unspecified atom stereocenters. The van der Waals surface area contributed by atoms with Gasteiger partial charge < -0.3 is 15.2 Å². The van der Waals surface area contributed by atoms with Gasteiger partial charge in [0.05, 0.1) is 23.1 Å². The summed E-state index contributed by atoms with van der Waals surface area (Å²) >= 11 is 6.37. The van der Waals surface area contributed by atoms with Gasteiger partial charge in [-0.2, -0.15) is 0 Å². The molecule has 1 fully saturated rings. The summed E-state index contributed by atoms with van der Waals surface area (Å²) in [5, 5.41) is 0.560. The van der Waals surface area contributed by atoms with E-state index in [4.69, 9.17) is 17.3 Å². The summed E-state index contributed by atoms with van der Waals surface area (Å²) in [7, 11) is 0. The van der Waals surface area contributed by atoms with Gasteiger partial charge in [-0.15, -0.1) is 0 Å². The molecule has 3 atom stereocenters. The van der Waals surface area contributed by atoms with E-state index in [0.29, 0.717) is 28.5 Å². The Morgan fingerprint density at radius 1 is 1.21 bits per heavy atom. The highest BCUT2D eigenvalue weighted by molar-refractivity contribution is 6.31. The van der Waals surface area contributed by atoms with E-state index in [2.05, 4.69) is 4.98 Å². The predicted molar refractivity (Wildman–Crippen MR) is 105 cm³/mol. The molecule has 1 aromatic heterocycles. The molecule has 0 spiro atoms. The molecule has 2 aromatic carbocycles. The highest BCUT2D eigenvalue weighted by Gasteiger charge is 2.31. The first-order valence-corrected chi connectivity index (χ1v) is 9.50. The molecule has 2 heterocycles. The number of nitrogens with two attached hydrogens (primary N) is 1. The maximum absolute atomic E-state index is 14.0. The van der Waals surface area contributed by atoms with Crippen molar-refractivity contribution in [2.75, 3.05) is 18.0 Å². The van der Waals surface area contributed by atoms with Gasteiger partial charge in [-0.1, -0.05) is 29.8 Å². The Labute approximate surface area is 165 Å². The largest absolute Gasteiger partial charge is 0.340 e. The fraction of sp³-hybridized carbons (Fsp3) is 0.350. The van der Waals surface area contributed by atoms with E-state index in [9.17, 15) is 13.2 Å². The molecule has 0 saturated carbocycles. The number of imidazole rings is 1. The number of hydrogen-bond donors (Lipinski definition) is 1. The van der Waals surface area contributed by atoms with Crippen molar-refractivity contribution in [1.82, 2.24) is 9.55 Å². The summed E-state index contributed by atoms with van der Waals surface area (Å²) < 4.78 is 43.5. The standard InChI is InChI=1S/C20H20ClF3N4/c1-11(12-4-2-3-5-13(12)21)28-19-9-16(24)15(23)8-18(19)26-20(28)27-7-6-14(22)17(25)10-27/h2-5,8-9,11,14,17H,6-7,10,25H2,1H3/t11-,14+,17+/m0/s1. The van der Waals surface area contributed by atoms with Crippen molar-refractivity contribution in [3.8, 4) is 0 Å². The zero-order valence-electron chi connectivity index (χ0n) is 15.2. The van der Waals surface area contributed by atoms with E-state index in [1.54, 1.807) is 6.07 Å². The van der Waals surface area contributed by atoms with Crippen LogP contribution in [0.1, 0.15) is 24.9 Å². The number of anilines is 1. The number of alkyl halides is 1. The third-order valence-corrected chi connectivity index (χ3v) is 5.65. The lowest BCUT2D eigenvalue weighted by Gasteiger charge is -2.35. The lowest BCUT2D eigenvalue weighted by atomic mass is 10.0. The molecule has 28 heavy (non-hydrogen) atoms. The summed E-state index contributed by atoms with van der Waals surface area (Å²) in [6, 6.07) is 8.59. The zero-order valence-corrected chi connectivity index (χ0v) is 16.0. The van der Waals surface area contributed by atoms with E-state index in [0.717, 1.165) is 17.7 Å². The quantitative estimate of drug-likeness (QED) is 0.696. The van der Waals surface area contributed by atoms with Crippen LogP contribution in [-0.4, -0.2) is 34.9 Å². The molecule has 0 aliphatic carbocycles. The summed E-state index contributed by atoms with van der Waals surface area (Å²) in [6.45, 7) is 2.60. The maximum atomic E-state index is 14.0. The van der Waals surface area contributed by atoms with Gasteiger partial charge in [-0.3, -0.25) is 0 Å². The van der Waals surface area contributed by atoms with Crippen LogP contribution in [0.15, 0.2) is 36.4 Å². The lowest BCUT2D eigenvalue weighted by Crippen LogP contribution is -2.50. The summed E-state index contributed by atoms with van der Waals surface area (Å²) in [5.41, 5.74) is 7.50. The van der Waals surface area contributed by atoms with E-state index < -0.39 is 23.8 Å². The number of benzene rings is 2. The predicted octanol–water partition coefficient (Wildman–Crippen LogP) is 4.45. The molecule has 1 aliphatic heterocycles. The van der Waals surface area contributed by atoms with Gasteiger partial charge >= 0.3 is 0 Å². The van der Waals surface area contributed by atoms with Gasteiger partial charge in [0, 0.05) is 30.2 Å². The highest BCUT2D eigenvalue weighted by Crippen LogP contribution is 2.35. The van der Waals surface area contributed by atoms with Crippen molar-refractivity contribution in [2.24, 2.45) is 5.73 Å². The van der Waals surface area contributed by atoms with Gasteiger partial charge in [-0.25, -0.2) is 18.2 Å². The maximum Gasteiger partial charge on any atom is 0.207 e. The number of fused-ring (bicyclic) bond motifs is 1. The molecular weight excluding hydrogens is 389 g/mol. The van der Waals surface area contributed by atoms with Gasteiger partial charge in [-0.05, 0) is 25.0 Å². The van der Waals surface area contributed by atoms with Gasteiger partial charge in [0.15, 0.2) is 11.6 Å². The normalized spacial score (nSPS) is 21.3. The molecule has 0 bridgehead atoms. The molecule has 3 aromatic rings. The number of nitrogens with zero attached hydrogens (tertiary/aromatic N) is 3. The van der Waals surface area contributed by atoms with E-state index in [1.807, 2.05) is 34.6 Å². The van der Waals surface area contributed by atoms with Gasteiger partial charge in [0.25, 0.3) is 0 Å². The number of hydrogen-bond acceptors (Lipinski definition) is 3. The second kappa shape index (κ2) is 7.29. The number of rotatable bonds is 3. The molecule has 8 heteroatoms. The Hall–Kier alpha value is -2.25. The van der Waals surface area contributed by atoms with Crippen LogP contribution in [-0.2, 0) is 0 Å². The Kier molecular flexibility index (Phi) is 4.97. The monoisotopic (exact) mass is 408 g/mol. The Bertz CT molecular complexity index is 1020. The van der Waals surface area contributed by atoms with Crippen LogP contribution < -0.4 is 10.6 Å². The molecule has 0 amide bonds. The van der Waals surface area contributed by atoms with Crippen LogP contribution in [0.25, 0.3) is 11.0 Å². The van der Waals surface area contributed by atoms with Crippen molar-refractivity contribution in [1.29, 1.82) is 0 Å². The lowest BCUT2D eigenvalue weighted by molar-refractivity contribution is 0.243. The minimum Gasteiger partial charge on any atom is -0.340 e. The molecule has 148 valence electrons. The molecule has 0 radical (unpaired) electrons. The third-order valence-electron chi connectivity index (χ3n) is 5.31. The molecular formula is C20H20ClF3N4. The van der Waals surface area contributed by atoms with Crippen LogP contribution >= 0.6 is 11.6 Å². The second-order valence-corrected chi connectivity index (χ2v) is 7.56. The first-order chi connectivity index (χ1) is 13.4. The smallest absolute Gasteiger partial charge is 0.207 e. The van der Waals surface area contributed by atoms with Crippen molar-refractivity contribution in [3.63, 3.8) is 0 Å². The molecule has 4 rings (SSSR count). The van der Waals surface area contributed by atoms with Crippen LogP contribution in [0.2, 0.25) is 5.02 Å². The average Bonchev–Trinajstić information content (AvgIpc) is 3.02. The summed E-state index contributed by atoms with van der Waals surface area (Å²) in [4.78, 5) is 6.40. The summed E-state index contributed by atoms with van der Waals surface area (Å²) in [6.07, 6.45) is -0.807. The van der Waals surface area contributed by atoms with Crippen molar-refractivity contribution < 1.29 is 13.2 Å². The number of piperidine rings is 1. The minimum atomic E-state index is -1.08. The number of halogens is 4. The second-order valence-electron chi connectivity index (χ2n) is 7.15. The zero-order chi connectivity index (χ0) is 20.0. The summed E-state index contributed by atoms with van der Waals surface area (Å²) in [5.74, 6) is -1.42. The Morgan fingerprint density at radius 2 is 1.93 bits per heavy atom. The third kappa shape index (κ3) is 3.22. The Balaban J connectivity index is 1.89. The van der Waals surface area contributed by atoms with Gasteiger partial charge in [0.2, 0.25) is 5.95 Å². The first-order valence-electron chi connectivity index (χ1n) is 9.13. The van der Waals surface area contributed by atoms with E-state index >= 15 is 0 Å². The molecule has 2 N–H and O–H groups in total. The van der Waals surface area contributed by atoms with Crippen molar-refractivity contribution in [3.05, 3.63) is 58.6 Å². The average molecular weight is 409 g/mol. The van der Waals surface area contributed by atoms with Crippen LogP contribution in [0, 0.1) is 11.6 Å². The van der Waals surface area contributed by atoms with E-state index in [-0.39, 0.29) is 19.0 Å². The van der Waals surface area contributed by atoms with Crippen LogP contribution in [0.5, 0.6) is 0 Å². The first kappa shape index (κ1) is 19.1. The van der Waals surface area contributed by atoms with Crippen molar-refractivity contribution in [2.45, 2.75) is 31.6 Å². The fourth-order valence-corrected chi connectivity index (χ4v) is 4.06. The van der Waals surface area contributed by atoms with Crippen molar-refractivity contribution >= 4 is 28.6 Å². The molecule has 4 nitrogen and oxygen atoms in total. The van der Waals surface area contributed by atoms with E-state index in [1.165, 1.54) is 0 Å². The van der Waals surface area contributed by atoms with Crippen LogP contribution in [0.3, 0.4) is 0 Å². The molecule has 1 aliphatic rings. The fourth-order valence-electron chi connectivity index (χ4n) is 3.77. The van der Waals surface area contributed by atoms with Gasteiger partial charge in [0.1, 0.15) is 6.17 Å². The Morgan fingerprint density at radius 3 is 2.64 bits per heavy atom. The number of aromatic nitrogens is 2. The molecule has 1 saturated heterocycles. The SMILES string of the molecule is C[C@@H](c1ccccc1Cl)n1c(N2CC[C@@H](F)[C@H](N)C2)nc2cc(F)c(F)cc21. The topological polar surface area (TPSA) is 47.1 Å². The van der Waals surface area contributed by atoms with Crippen LogP contribution in [0.4, 0.5) is 19.1 Å². The highest BCUT2D eigenvalue weighted by atomic mass is 35.5. The minimum absolute atomic E-state index is 0.269.